The maximum atomic E-state index is 13.1. The molecular formula is C27H30F3N5O2. The third-order valence-electron chi connectivity index (χ3n) is 6.16. The SMILES string of the molecule is Cc1cnc(Oc2ccc(NC(=O)Nc3ccc(C)c(C(F)(F)F)c3)cc2)cc1NCCN1CCCC1. The summed E-state index contributed by atoms with van der Waals surface area (Å²) in [6.45, 7) is 7.50. The number of urea groups is 1. The van der Waals surface area contributed by atoms with E-state index >= 15 is 0 Å². The van der Waals surface area contributed by atoms with Crippen molar-refractivity contribution in [2.24, 2.45) is 0 Å². The van der Waals surface area contributed by atoms with Crippen molar-refractivity contribution in [1.82, 2.24) is 9.88 Å². The average molecular weight is 514 g/mol. The summed E-state index contributed by atoms with van der Waals surface area (Å²) in [7, 11) is 0. The lowest BCUT2D eigenvalue weighted by molar-refractivity contribution is -0.138. The smallest absolute Gasteiger partial charge is 0.416 e. The summed E-state index contributed by atoms with van der Waals surface area (Å²) in [5.74, 6) is 0.964. The second-order valence-electron chi connectivity index (χ2n) is 9.05. The molecule has 0 aliphatic carbocycles. The van der Waals surface area contributed by atoms with E-state index in [2.05, 4.69) is 25.8 Å². The number of alkyl halides is 3. The largest absolute Gasteiger partial charge is 0.439 e. The van der Waals surface area contributed by atoms with Gasteiger partial charge in [-0.3, -0.25) is 0 Å². The van der Waals surface area contributed by atoms with Gasteiger partial charge in [-0.05, 0) is 87.3 Å². The van der Waals surface area contributed by atoms with Crippen LogP contribution in [0.4, 0.5) is 35.0 Å². The summed E-state index contributed by atoms with van der Waals surface area (Å²) >= 11 is 0. The van der Waals surface area contributed by atoms with E-state index in [9.17, 15) is 18.0 Å². The van der Waals surface area contributed by atoms with Gasteiger partial charge >= 0.3 is 12.2 Å². The van der Waals surface area contributed by atoms with Crippen molar-refractivity contribution in [3.8, 4) is 11.6 Å². The van der Waals surface area contributed by atoms with Gasteiger partial charge in [0.1, 0.15) is 5.75 Å². The Bertz CT molecular complexity index is 1230. The Balaban J connectivity index is 1.31. The molecule has 1 aromatic heterocycles. The zero-order valence-electron chi connectivity index (χ0n) is 20.8. The molecule has 4 rings (SSSR count). The average Bonchev–Trinajstić information content (AvgIpc) is 3.36. The van der Waals surface area contributed by atoms with Crippen LogP contribution < -0.4 is 20.7 Å². The van der Waals surface area contributed by atoms with E-state index in [1.165, 1.54) is 31.9 Å². The number of carbonyl (C=O) groups excluding carboxylic acids is 1. The van der Waals surface area contributed by atoms with Crippen LogP contribution in [0, 0.1) is 13.8 Å². The summed E-state index contributed by atoms with van der Waals surface area (Å²) in [6.07, 6.45) is -0.213. The zero-order valence-corrected chi connectivity index (χ0v) is 20.8. The lowest BCUT2D eigenvalue weighted by Crippen LogP contribution is -2.26. The first-order valence-corrected chi connectivity index (χ1v) is 12.1. The molecule has 3 aromatic rings. The predicted molar refractivity (Wildman–Crippen MR) is 138 cm³/mol. The van der Waals surface area contributed by atoms with Crippen LogP contribution in [0.25, 0.3) is 0 Å². The molecular weight excluding hydrogens is 483 g/mol. The molecule has 3 N–H and O–H groups in total. The number of hydrogen-bond donors (Lipinski definition) is 3. The van der Waals surface area contributed by atoms with Crippen LogP contribution in [0.1, 0.15) is 29.5 Å². The molecule has 2 amide bonds. The standard InChI is InChI=1S/C27H30F3N5O2/c1-18-5-6-21(15-23(18)27(28,29)30)34-26(36)33-20-7-9-22(10-8-20)37-25-16-24(19(2)17-32-25)31-11-14-35-12-3-4-13-35/h5-10,15-17H,3-4,11-14H2,1-2H3,(H,31,32)(H2,33,34,36). The number of carbonyl (C=O) groups is 1. The molecule has 10 heteroatoms. The van der Waals surface area contributed by atoms with Crippen molar-refractivity contribution < 1.29 is 22.7 Å². The van der Waals surface area contributed by atoms with Crippen LogP contribution in [0.5, 0.6) is 11.6 Å². The van der Waals surface area contributed by atoms with Gasteiger partial charge in [-0.15, -0.1) is 0 Å². The monoisotopic (exact) mass is 513 g/mol. The fraction of sp³-hybridized carbons (Fsp3) is 0.333. The Morgan fingerprint density at radius 1 is 0.973 bits per heavy atom. The van der Waals surface area contributed by atoms with Crippen LogP contribution in [0.3, 0.4) is 0 Å². The molecule has 0 radical (unpaired) electrons. The number of aryl methyl sites for hydroxylation is 2. The van der Waals surface area contributed by atoms with Gasteiger partial charge in [0.05, 0.1) is 5.56 Å². The van der Waals surface area contributed by atoms with E-state index in [0.29, 0.717) is 17.3 Å². The van der Waals surface area contributed by atoms with Crippen molar-refractivity contribution in [3.05, 3.63) is 71.4 Å². The quantitative estimate of drug-likeness (QED) is 0.314. The number of hydrogen-bond acceptors (Lipinski definition) is 5. The minimum absolute atomic E-state index is 0.0469. The highest BCUT2D eigenvalue weighted by Gasteiger charge is 2.32. The lowest BCUT2D eigenvalue weighted by atomic mass is 10.1. The Hall–Kier alpha value is -3.79. The van der Waals surface area contributed by atoms with E-state index in [0.717, 1.165) is 43.5 Å². The number of pyridine rings is 1. The third kappa shape index (κ3) is 7.36. The summed E-state index contributed by atoms with van der Waals surface area (Å²) in [5, 5.41) is 8.48. The number of nitrogens with one attached hydrogen (secondary N) is 3. The van der Waals surface area contributed by atoms with E-state index < -0.39 is 17.8 Å². The molecule has 1 saturated heterocycles. The fourth-order valence-electron chi connectivity index (χ4n) is 4.13. The molecule has 7 nitrogen and oxygen atoms in total. The number of likely N-dealkylation sites (tertiary alicyclic amines) is 1. The molecule has 0 saturated carbocycles. The number of halogens is 3. The highest BCUT2D eigenvalue weighted by Crippen LogP contribution is 2.33. The minimum Gasteiger partial charge on any atom is -0.439 e. The maximum absolute atomic E-state index is 13.1. The second kappa shape index (κ2) is 11.5. The first-order chi connectivity index (χ1) is 17.7. The predicted octanol–water partition coefficient (Wildman–Crippen LogP) is 6.66. The van der Waals surface area contributed by atoms with Crippen molar-refractivity contribution in [2.75, 3.05) is 42.1 Å². The highest BCUT2D eigenvalue weighted by atomic mass is 19.4. The summed E-state index contributed by atoms with van der Waals surface area (Å²) in [5.41, 5.74) is 1.78. The molecule has 0 spiro atoms. The molecule has 196 valence electrons. The number of anilines is 3. The van der Waals surface area contributed by atoms with E-state index in [1.54, 1.807) is 30.5 Å². The molecule has 1 fully saturated rings. The highest BCUT2D eigenvalue weighted by molar-refractivity contribution is 5.99. The number of amides is 2. The first kappa shape index (κ1) is 26.3. The van der Waals surface area contributed by atoms with Crippen LogP contribution in [0.2, 0.25) is 0 Å². The summed E-state index contributed by atoms with van der Waals surface area (Å²) in [6, 6.07) is 11.5. The van der Waals surface area contributed by atoms with Gasteiger partial charge < -0.3 is 25.6 Å². The number of nitrogens with zero attached hydrogens (tertiary/aromatic N) is 2. The molecule has 37 heavy (non-hydrogen) atoms. The molecule has 0 atom stereocenters. The first-order valence-electron chi connectivity index (χ1n) is 12.1. The second-order valence-corrected chi connectivity index (χ2v) is 9.05. The molecule has 2 heterocycles. The fourth-order valence-corrected chi connectivity index (χ4v) is 4.13. The molecule has 0 unspecified atom stereocenters. The summed E-state index contributed by atoms with van der Waals surface area (Å²) < 4.78 is 45.2. The Kier molecular flexibility index (Phi) is 8.17. The number of ether oxygens (including phenoxy) is 1. The normalized spacial score (nSPS) is 13.9. The Morgan fingerprint density at radius 3 is 2.35 bits per heavy atom. The van der Waals surface area contributed by atoms with Crippen molar-refractivity contribution in [2.45, 2.75) is 32.9 Å². The Labute approximate surface area is 214 Å². The molecule has 1 aliphatic heterocycles. The van der Waals surface area contributed by atoms with Gasteiger partial charge in [-0.25, -0.2) is 9.78 Å². The number of rotatable bonds is 8. The van der Waals surface area contributed by atoms with E-state index in [1.807, 2.05) is 13.0 Å². The van der Waals surface area contributed by atoms with E-state index in [4.69, 9.17) is 4.74 Å². The topological polar surface area (TPSA) is 78.5 Å². The van der Waals surface area contributed by atoms with Crippen LogP contribution in [-0.2, 0) is 6.18 Å². The van der Waals surface area contributed by atoms with Crippen LogP contribution >= 0.6 is 0 Å². The van der Waals surface area contributed by atoms with Crippen LogP contribution in [0.15, 0.2) is 54.7 Å². The van der Waals surface area contributed by atoms with Gasteiger partial charge in [0, 0.05) is 42.4 Å². The zero-order chi connectivity index (χ0) is 26.4. The van der Waals surface area contributed by atoms with Gasteiger partial charge in [-0.1, -0.05) is 6.07 Å². The van der Waals surface area contributed by atoms with Crippen molar-refractivity contribution >= 4 is 23.1 Å². The minimum atomic E-state index is -4.50. The molecule has 1 aliphatic rings. The Morgan fingerprint density at radius 2 is 1.65 bits per heavy atom. The molecule has 0 bridgehead atoms. The van der Waals surface area contributed by atoms with Gasteiger partial charge in [-0.2, -0.15) is 13.2 Å². The van der Waals surface area contributed by atoms with Crippen LogP contribution in [-0.4, -0.2) is 42.1 Å². The van der Waals surface area contributed by atoms with Gasteiger partial charge in [0.15, 0.2) is 0 Å². The molecule has 2 aromatic carbocycles. The maximum Gasteiger partial charge on any atom is 0.416 e. The number of aromatic nitrogens is 1. The lowest BCUT2D eigenvalue weighted by Gasteiger charge is -2.16. The van der Waals surface area contributed by atoms with Crippen molar-refractivity contribution in [1.29, 1.82) is 0 Å². The summed E-state index contributed by atoms with van der Waals surface area (Å²) in [4.78, 5) is 19.1. The van der Waals surface area contributed by atoms with Crippen molar-refractivity contribution in [3.63, 3.8) is 0 Å². The van der Waals surface area contributed by atoms with Gasteiger partial charge in [0.2, 0.25) is 5.88 Å². The van der Waals surface area contributed by atoms with E-state index in [-0.39, 0.29) is 11.3 Å². The third-order valence-corrected chi connectivity index (χ3v) is 6.16. The van der Waals surface area contributed by atoms with Gasteiger partial charge in [0.25, 0.3) is 0 Å². The number of benzene rings is 2.